The van der Waals surface area contributed by atoms with Gasteiger partial charge in [0.1, 0.15) is 0 Å². The number of benzene rings is 1. The van der Waals surface area contributed by atoms with E-state index in [4.69, 9.17) is 9.26 Å². The van der Waals surface area contributed by atoms with Gasteiger partial charge in [-0.2, -0.15) is 0 Å². The molecule has 9 heteroatoms. The van der Waals surface area contributed by atoms with E-state index in [1.54, 1.807) is 7.11 Å². The van der Waals surface area contributed by atoms with E-state index in [1.807, 2.05) is 11.9 Å². The molecule has 2 aromatic rings. The molecule has 0 radical (unpaired) electrons. The molecule has 1 aromatic carbocycles. The maximum atomic E-state index is 13.7. The molecule has 2 saturated carbocycles. The Labute approximate surface area is 218 Å². The third-order valence-corrected chi connectivity index (χ3v) is 9.07. The van der Waals surface area contributed by atoms with E-state index in [9.17, 15) is 13.6 Å². The molecule has 204 valence electrons. The van der Waals surface area contributed by atoms with Crippen LogP contribution in [0, 0.1) is 23.5 Å². The number of halogens is 2. The van der Waals surface area contributed by atoms with Crippen LogP contribution in [0.1, 0.15) is 57.8 Å². The molecule has 1 amide bonds. The van der Waals surface area contributed by atoms with Gasteiger partial charge < -0.3 is 19.1 Å². The lowest BCUT2D eigenvalue weighted by atomic mass is 9.83. The van der Waals surface area contributed by atoms with Crippen LogP contribution in [-0.4, -0.2) is 79.9 Å². The number of hydrogen-bond donors (Lipinski definition) is 0. The minimum atomic E-state index is -0.919. The molecule has 3 fully saturated rings. The maximum Gasteiger partial charge on any atom is 0.222 e. The zero-order valence-corrected chi connectivity index (χ0v) is 22.1. The molecule has 2 heterocycles. The Balaban J connectivity index is 1.02. The smallest absolute Gasteiger partial charge is 0.222 e. The predicted octanol–water partition coefficient (Wildman–Crippen LogP) is 4.84. The summed E-state index contributed by atoms with van der Waals surface area (Å²) in [5.74, 6) is 0.288. The van der Waals surface area contributed by atoms with E-state index in [-0.39, 0.29) is 5.58 Å². The number of carbonyl (C=O) groups is 1. The van der Waals surface area contributed by atoms with E-state index in [0.717, 1.165) is 70.9 Å². The molecule has 2 atom stereocenters. The van der Waals surface area contributed by atoms with Crippen molar-refractivity contribution in [2.45, 2.75) is 69.9 Å². The van der Waals surface area contributed by atoms with Gasteiger partial charge >= 0.3 is 0 Å². The van der Waals surface area contributed by atoms with Gasteiger partial charge in [0.15, 0.2) is 23.0 Å². The summed E-state index contributed by atoms with van der Waals surface area (Å²) in [5, 5.41) is 4.60. The van der Waals surface area contributed by atoms with E-state index in [0.29, 0.717) is 47.5 Å². The van der Waals surface area contributed by atoms with Gasteiger partial charge in [-0.1, -0.05) is 5.16 Å². The Bertz CT molecular complexity index is 1060. The molecule has 0 N–H and O–H groups in total. The van der Waals surface area contributed by atoms with E-state index in [2.05, 4.69) is 15.0 Å². The van der Waals surface area contributed by atoms with E-state index in [1.165, 1.54) is 25.3 Å². The van der Waals surface area contributed by atoms with E-state index >= 15 is 0 Å². The van der Waals surface area contributed by atoms with Gasteiger partial charge in [-0.25, -0.2) is 8.78 Å². The normalized spacial score (nSPS) is 27.2. The fourth-order valence-electron chi connectivity index (χ4n) is 6.54. The Morgan fingerprint density at radius 1 is 1.05 bits per heavy atom. The van der Waals surface area contributed by atoms with Crippen molar-refractivity contribution < 1.29 is 22.8 Å². The molecule has 1 aromatic heterocycles. The van der Waals surface area contributed by atoms with Crippen molar-refractivity contribution in [2.24, 2.45) is 11.8 Å². The lowest BCUT2D eigenvalue weighted by molar-refractivity contribution is -0.133. The molecule has 1 saturated heterocycles. The maximum absolute atomic E-state index is 13.7. The van der Waals surface area contributed by atoms with Crippen LogP contribution in [-0.2, 0) is 9.53 Å². The zero-order valence-electron chi connectivity index (χ0n) is 22.1. The summed E-state index contributed by atoms with van der Waals surface area (Å²) in [6, 6.07) is 2.62. The number of aromatic nitrogens is 1. The first-order valence-electron chi connectivity index (χ1n) is 13.9. The van der Waals surface area contributed by atoms with Crippen LogP contribution in [0.4, 0.5) is 14.6 Å². The summed E-state index contributed by atoms with van der Waals surface area (Å²) in [5.41, 5.74) is 0.276. The first-order valence-corrected chi connectivity index (χ1v) is 13.9. The Morgan fingerprint density at radius 3 is 2.46 bits per heavy atom. The Morgan fingerprint density at radius 2 is 1.76 bits per heavy atom. The van der Waals surface area contributed by atoms with Crippen molar-refractivity contribution in [3.05, 3.63) is 23.8 Å². The van der Waals surface area contributed by atoms with Gasteiger partial charge in [-0.3, -0.25) is 9.69 Å². The third-order valence-electron chi connectivity index (χ3n) is 9.07. The second kappa shape index (κ2) is 11.6. The third kappa shape index (κ3) is 6.08. The first kappa shape index (κ1) is 26.4. The summed E-state index contributed by atoms with van der Waals surface area (Å²) >= 11 is 0. The first-order chi connectivity index (χ1) is 17.9. The summed E-state index contributed by atoms with van der Waals surface area (Å²) in [6.07, 6.45) is 9.95. The molecular formula is C28H40F2N4O3. The van der Waals surface area contributed by atoms with Crippen LogP contribution in [0.3, 0.4) is 0 Å². The molecule has 3 aliphatic rings. The molecule has 7 nitrogen and oxygen atoms in total. The fourth-order valence-corrected chi connectivity index (χ4v) is 6.54. The molecule has 0 bridgehead atoms. The molecule has 5 rings (SSSR count). The van der Waals surface area contributed by atoms with Gasteiger partial charge in [0.2, 0.25) is 5.91 Å². The number of fused-ring (bicyclic) bond motifs is 1. The summed E-state index contributed by atoms with van der Waals surface area (Å²) in [6.45, 7) is 4.46. The minimum absolute atomic E-state index is 0.276. The summed E-state index contributed by atoms with van der Waals surface area (Å²) in [7, 11) is 3.77. The zero-order chi connectivity index (χ0) is 25.9. The average molecular weight is 519 g/mol. The summed E-state index contributed by atoms with van der Waals surface area (Å²) < 4.78 is 37.9. The average Bonchev–Trinajstić information content (AvgIpc) is 3.54. The number of methoxy groups -OCH3 is 1. The van der Waals surface area contributed by atoms with Crippen LogP contribution in [0.25, 0.3) is 11.0 Å². The number of anilines is 1. The van der Waals surface area contributed by atoms with Crippen LogP contribution in [0.5, 0.6) is 0 Å². The monoisotopic (exact) mass is 518 g/mol. The van der Waals surface area contributed by atoms with Crippen molar-refractivity contribution >= 4 is 22.7 Å². The fraction of sp³-hybridized carbons (Fsp3) is 0.714. The van der Waals surface area contributed by atoms with Crippen LogP contribution >= 0.6 is 0 Å². The number of hydrogen-bond acceptors (Lipinski definition) is 6. The Kier molecular flexibility index (Phi) is 8.29. The van der Waals surface area contributed by atoms with E-state index < -0.39 is 11.6 Å². The second-order valence-electron chi connectivity index (χ2n) is 11.3. The second-order valence-corrected chi connectivity index (χ2v) is 11.3. The van der Waals surface area contributed by atoms with Crippen molar-refractivity contribution in [3.63, 3.8) is 0 Å². The lowest BCUT2D eigenvalue weighted by Crippen LogP contribution is -2.47. The van der Waals surface area contributed by atoms with Crippen LogP contribution in [0.2, 0.25) is 0 Å². The van der Waals surface area contributed by atoms with Gasteiger partial charge in [-0.15, -0.1) is 0 Å². The quantitative estimate of drug-likeness (QED) is 0.498. The highest BCUT2D eigenvalue weighted by atomic mass is 19.2. The highest BCUT2D eigenvalue weighted by Crippen LogP contribution is 2.33. The van der Waals surface area contributed by atoms with Gasteiger partial charge in [0, 0.05) is 58.9 Å². The number of nitrogens with zero attached hydrogens (tertiary/aromatic N) is 4. The van der Waals surface area contributed by atoms with Crippen molar-refractivity contribution in [1.82, 2.24) is 15.0 Å². The number of amides is 1. The number of piperazine rings is 1. The molecule has 0 spiro atoms. The van der Waals surface area contributed by atoms with Crippen molar-refractivity contribution in [2.75, 3.05) is 51.8 Å². The minimum Gasteiger partial charge on any atom is -0.381 e. The van der Waals surface area contributed by atoms with Crippen LogP contribution < -0.4 is 4.90 Å². The molecule has 1 aliphatic heterocycles. The number of rotatable bonds is 8. The lowest BCUT2D eigenvalue weighted by Gasteiger charge is -2.37. The highest BCUT2D eigenvalue weighted by Gasteiger charge is 2.31. The number of ether oxygens (including phenoxy) is 1. The molecule has 2 unspecified atom stereocenters. The highest BCUT2D eigenvalue weighted by molar-refractivity contribution is 5.88. The predicted molar refractivity (Wildman–Crippen MR) is 138 cm³/mol. The van der Waals surface area contributed by atoms with Gasteiger partial charge in [0.25, 0.3) is 0 Å². The number of carbonyl (C=O) groups excluding carboxylic acids is 1. The Hall–Kier alpha value is -2.26. The SMILES string of the molecule is COC1CCC(CC(=O)N(C)C2CCC(CCN3CCN(c4noc5cc(F)c(F)cc45)CC3)CC2)C1. The van der Waals surface area contributed by atoms with Gasteiger partial charge in [0.05, 0.1) is 11.5 Å². The molecule has 37 heavy (non-hydrogen) atoms. The van der Waals surface area contributed by atoms with Crippen molar-refractivity contribution in [3.8, 4) is 0 Å². The molecule has 2 aliphatic carbocycles. The van der Waals surface area contributed by atoms with Crippen LogP contribution in [0.15, 0.2) is 16.7 Å². The topological polar surface area (TPSA) is 62.1 Å². The van der Waals surface area contributed by atoms with Gasteiger partial charge in [-0.05, 0) is 75.8 Å². The molecular weight excluding hydrogens is 478 g/mol. The standard InChI is InChI=1S/C28H40F2N4O3/c1-32(27(35)16-20-5-8-22(15-20)36-2)21-6-3-19(4-7-21)9-10-33-11-13-34(14-12-33)28-23-17-24(29)25(30)18-26(23)37-31-28/h17-22H,3-16H2,1-2H3. The largest absolute Gasteiger partial charge is 0.381 e. The van der Waals surface area contributed by atoms with Crippen molar-refractivity contribution in [1.29, 1.82) is 0 Å². The summed E-state index contributed by atoms with van der Waals surface area (Å²) in [4.78, 5) is 19.5.